The zero-order chi connectivity index (χ0) is 8.10. The largest absolute Gasteiger partial charge is 0.303 e. The topological polar surface area (TPSA) is 24.5 Å². The summed E-state index contributed by atoms with van der Waals surface area (Å²) >= 11 is 0. The Balaban J connectivity index is 2.14. The Morgan fingerprint density at radius 1 is 1.45 bits per heavy atom. The number of piperidine rings is 1. The van der Waals surface area contributed by atoms with E-state index in [1.54, 1.807) is 0 Å². The average Bonchev–Trinajstić information content (AvgIpc) is 2.07. The van der Waals surface area contributed by atoms with E-state index in [9.17, 15) is 0 Å². The molecule has 1 N–H and O–H groups in total. The maximum atomic E-state index is 5.30. The molecule has 0 aromatic rings. The highest BCUT2D eigenvalue weighted by Crippen LogP contribution is 2.11. The van der Waals surface area contributed by atoms with Gasteiger partial charge in [-0.3, -0.25) is 4.84 Å². The highest BCUT2D eigenvalue weighted by Gasteiger charge is 2.17. The summed E-state index contributed by atoms with van der Waals surface area (Å²) in [6.45, 7) is 5.75. The van der Waals surface area contributed by atoms with Crippen LogP contribution in [0.1, 0.15) is 19.8 Å². The molecule has 0 amide bonds. The lowest BCUT2D eigenvalue weighted by atomic mass is 10.1. The van der Waals surface area contributed by atoms with Crippen molar-refractivity contribution in [3.8, 4) is 0 Å². The smallest absolute Gasteiger partial charge is 0.0814 e. The SMILES string of the molecule is CCN1CCC(ONC)CC1. The molecule has 0 atom stereocenters. The van der Waals surface area contributed by atoms with Crippen molar-refractivity contribution in [2.75, 3.05) is 26.7 Å². The van der Waals surface area contributed by atoms with E-state index in [4.69, 9.17) is 4.84 Å². The Kier molecular flexibility index (Phi) is 3.83. The molecule has 0 saturated carbocycles. The summed E-state index contributed by atoms with van der Waals surface area (Å²) in [5.41, 5.74) is 2.75. The van der Waals surface area contributed by atoms with Gasteiger partial charge in [-0.2, -0.15) is 0 Å². The van der Waals surface area contributed by atoms with Crippen molar-refractivity contribution >= 4 is 0 Å². The third-order valence-electron chi connectivity index (χ3n) is 2.27. The van der Waals surface area contributed by atoms with Crippen molar-refractivity contribution in [3.63, 3.8) is 0 Å². The molecule has 1 heterocycles. The van der Waals surface area contributed by atoms with Gasteiger partial charge in [0.1, 0.15) is 0 Å². The molecule has 1 aliphatic heterocycles. The molecule has 1 saturated heterocycles. The molecule has 3 nitrogen and oxygen atoms in total. The summed E-state index contributed by atoms with van der Waals surface area (Å²) in [6, 6.07) is 0. The number of likely N-dealkylation sites (tertiary alicyclic amines) is 1. The van der Waals surface area contributed by atoms with Crippen LogP contribution in [0.3, 0.4) is 0 Å². The third kappa shape index (κ3) is 2.77. The van der Waals surface area contributed by atoms with E-state index in [0.29, 0.717) is 6.10 Å². The van der Waals surface area contributed by atoms with Crippen LogP contribution < -0.4 is 5.48 Å². The van der Waals surface area contributed by atoms with Crippen molar-refractivity contribution < 1.29 is 4.84 Å². The molecule has 1 rings (SSSR count). The van der Waals surface area contributed by atoms with E-state index < -0.39 is 0 Å². The number of hydrogen-bond donors (Lipinski definition) is 1. The minimum Gasteiger partial charge on any atom is -0.303 e. The van der Waals surface area contributed by atoms with Gasteiger partial charge in [0.25, 0.3) is 0 Å². The molecule has 0 aromatic heterocycles. The van der Waals surface area contributed by atoms with Crippen LogP contribution >= 0.6 is 0 Å². The number of rotatable bonds is 3. The summed E-state index contributed by atoms with van der Waals surface area (Å²) in [4.78, 5) is 7.75. The molecule has 0 aliphatic carbocycles. The molecule has 3 heteroatoms. The van der Waals surface area contributed by atoms with Gasteiger partial charge < -0.3 is 4.90 Å². The third-order valence-corrected chi connectivity index (χ3v) is 2.27. The van der Waals surface area contributed by atoms with Crippen LogP contribution in [0.15, 0.2) is 0 Å². The predicted molar refractivity (Wildman–Crippen MR) is 45.3 cm³/mol. The summed E-state index contributed by atoms with van der Waals surface area (Å²) in [7, 11) is 1.83. The summed E-state index contributed by atoms with van der Waals surface area (Å²) in [5.74, 6) is 0. The summed E-state index contributed by atoms with van der Waals surface area (Å²) in [5, 5.41) is 0. The maximum Gasteiger partial charge on any atom is 0.0814 e. The molecule has 11 heavy (non-hydrogen) atoms. The Morgan fingerprint density at radius 2 is 2.09 bits per heavy atom. The van der Waals surface area contributed by atoms with Gasteiger partial charge in [-0.1, -0.05) is 6.92 Å². The summed E-state index contributed by atoms with van der Waals surface area (Å²) < 4.78 is 0. The fourth-order valence-corrected chi connectivity index (χ4v) is 1.51. The zero-order valence-electron chi connectivity index (χ0n) is 7.47. The lowest BCUT2D eigenvalue weighted by Crippen LogP contribution is -2.38. The number of hydroxylamine groups is 1. The molecule has 0 aromatic carbocycles. The van der Waals surface area contributed by atoms with Gasteiger partial charge in [-0.15, -0.1) is 0 Å². The second-order valence-electron chi connectivity index (χ2n) is 2.96. The second-order valence-corrected chi connectivity index (χ2v) is 2.96. The van der Waals surface area contributed by atoms with E-state index >= 15 is 0 Å². The van der Waals surface area contributed by atoms with Crippen LogP contribution in [0.2, 0.25) is 0 Å². The summed E-state index contributed by atoms with van der Waals surface area (Å²) in [6.07, 6.45) is 2.76. The first kappa shape index (κ1) is 8.97. The highest BCUT2D eigenvalue weighted by atomic mass is 16.7. The monoisotopic (exact) mass is 158 g/mol. The highest BCUT2D eigenvalue weighted by molar-refractivity contribution is 4.70. The number of hydrogen-bond acceptors (Lipinski definition) is 3. The van der Waals surface area contributed by atoms with Crippen molar-refractivity contribution in [1.29, 1.82) is 0 Å². The standard InChI is InChI=1S/C8H18N2O/c1-3-10-6-4-8(5-7-10)11-9-2/h8-9H,3-7H2,1-2H3. The maximum absolute atomic E-state index is 5.30. The molecular formula is C8H18N2O. The number of nitrogens with one attached hydrogen (secondary N) is 1. The van der Waals surface area contributed by atoms with Gasteiger partial charge >= 0.3 is 0 Å². The Labute approximate surface area is 68.7 Å². The second kappa shape index (κ2) is 4.70. The fraction of sp³-hybridized carbons (Fsp3) is 1.00. The fourth-order valence-electron chi connectivity index (χ4n) is 1.51. The van der Waals surface area contributed by atoms with Crippen LogP contribution in [-0.2, 0) is 4.84 Å². The van der Waals surface area contributed by atoms with Gasteiger partial charge in [0.15, 0.2) is 0 Å². The van der Waals surface area contributed by atoms with Gasteiger partial charge in [0.05, 0.1) is 6.10 Å². The van der Waals surface area contributed by atoms with E-state index in [0.717, 1.165) is 12.8 Å². The van der Waals surface area contributed by atoms with Crippen molar-refractivity contribution in [2.24, 2.45) is 0 Å². The van der Waals surface area contributed by atoms with Gasteiger partial charge in [0.2, 0.25) is 0 Å². The lowest BCUT2D eigenvalue weighted by Gasteiger charge is -2.30. The average molecular weight is 158 g/mol. The normalized spacial score (nSPS) is 22.4. The Hall–Kier alpha value is -0.120. The van der Waals surface area contributed by atoms with Gasteiger partial charge in [0, 0.05) is 20.1 Å². The van der Waals surface area contributed by atoms with E-state index in [2.05, 4.69) is 17.3 Å². The molecule has 0 bridgehead atoms. The van der Waals surface area contributed by atoms with Crippen LogP contribution in [-0.4, -0.2) is 37.7 Å². The van der Waals surface area contributed by atoms with E-state index in [1.165, 1.54) is 19.6 Å². The number of nitrogens with zero attached hydrogens (tertiary/aromatic N) is 1. The first-order valence-corrected chi connectivity index (χ1v) is 4.41. The van der Waals surface area contributed by atoms with Crippen molar-refractivity contribution in [2.45, 2.75) is 25.9 Å². The van der Waals surface area contributed by atoms with Crippen LogP contribution in [0.5, 0.6) is 0 Å². The molecule has 1 fully saturated rings. The Bertz CT molecular complexity index is 100. The van der Waals surface area contributed by atoms with E-state index in [-0.39, 0.29) is 0 Å². The molecule has 66 valence electrons. The van der Waals surface area contributed by atoms with Gasteiger partial charge in [-0.05, 0) is 19.4 Å². The van der Waals surface area contributed by atoms with Crippen molar-refractivity contribution in [1.82, 2.24) is 10.4 Å². The minimum atomic E-state index is 0.433. The quantitative estimate of drug-likeness (QED) is 0.609. The molecule has 0 spiro atoms. The lowest BCUT2D eigenvalue weighted by molar-refractivity contribution is -0.0427. The minimum absolute atomic E-state index is 0.433. The van der Waals surface area contributed by atoms with E-state index in [1.807, 2.05) is 7.05 Å². The van der Waals surface area contributed by atoms with Crippen LogP contribution in [0.4, 0.5) is 0 Å². The zero-order valence-corrected chi connectivity index (χ0v) is 7.47. The Morgan fingerprint density at radius 3 is 2.55 bits per heavy atom. The predicted octanol–water partition coefficient (Wildman–Crippen LogP) is 0.622. The molecule has 0 unspecified atom stereocenters. The van der Waals surface area contributed by atoms with Gasteiger partial charge in [-0.25, -0.2) is 5.48 Å². The molecule has 1 aliphatic rings. The van der Waals surface area contributed by atoms with Crippen LogP contribution in [0, 0.1) is 0 Å². The first-order valence-electron chi connectivity index (χ1n) is 4.41. The molecule has 0 radical (unpaired) electrons. The van der Waals surface area contributed by atoms with Crippen molar-refractivity contribution in [3.05, 3.63) is 0 Å². The van der Waals surface area contributed by atoms with Crippen LogP contribution in [0.25, 0.3) is 0 Å². The molecular weight excluding hydrogens is 140 g/mol. The first-order chi connectivity index (χ1) is 5.36.